The van der Waals surface area contributed by atoms with E-state index in [1.807, 2.05) is 73.5 Å². The number of likely N-dealkylation sites (N-methyl/N-ethyl adjacent to an activating group) is 1. The number of nitrogens with one attached hydrogen (secondary N) is 1. The van der Waals surface area contributed by atoms with Gasteiger partial charge in [-0.05, 0) is 44.6 Å². The van der Waals surface area contributed by atoms with Gasteiger partial charge in [-0.2, -0.15) is 0 Å². The van der Waals surface area contributed by atoms with Crippen molar-refractivity contribution in [2.24, 2.45) is 0 Å². The SMILES string of the molecule is Cc1ccc(NC(=O)CN(C)CCCc2cc(-c3ccccc3)no2)c(Cl)c1. The lowest BCUT2D eigenvalue weighted by molar-refractivity contribution is -0.117. The largest absolute Gasteiger partial charge is 0.361 e. The van der Waals surface area contributed by atoms with Crippen molar-refractivity contribution in [1.82, 2.24) is 10.1 Å². The van der Waals surface area contributed by atoms with Gasteiger partial charge in [0.2, 0.25) is 5.91 Å². The molecule has 0 saturated heterocycles. The number of aromatic nitrogens is 1. The molecule has 0 atom stereocenters. The van der Waals surface area contributed by atoms with E-state index in [0.717, 1.165) is 42.0 Å². The molecule has 0 radical (unpaired) electrons. The molecule has 6 heteroatoms. The van der Waals surface area contributed by atoms with Crippen molar-refractivity contribution in [1.29, 1.82) is 0 Å². The average molecular weight is 398 g/mol. The molecule has 1 aromatic heterocycles. The zero-order valence-corrected chi connectivity index (χ0v) is 16.9. The Balaban J connectivity index is 1.42. The first-order valence-electron chi connectivity index (χ1n) is 9.27. The van der Waals surface area contributed by atoms with E-state index < -0.39 is 0 Å². The van der Waals surface area contributed by atoms with Gasteiger partial charge in [0.05, 0.1) is 17.3 Å². The molecule has 2 aromatic carbocycles. The maximum atomic E-state index is 12.2. The Labute approximate surface area is 170 Å². The Hall–Kier alpha value is -2.63. The number of carbonyl (C=O) groups excluding carboxylic acids is 1. The van der Waals surface area contributed by atoms with Crippen molar-refractivity contribution in [3.05, 3.63) is 70.9 Å². The van der Waals surface area contributed by atoms with Crippen LogP contribution in [-0.4, -0.2) is 36.1 Å². The molecule has 3 rings (SSSR count). The second-order valence-electron chi connectivity index (χ2n) is 6.92. The minimum Gasteiger partial charge on any atom is -0.361 e. The summed E-state index contributed by atoms with van der Waals surface area (Å²) >= 11 is 6.16. The predicted molar refractivity (Wildman–Crippen MR) is 113 cm³/mol. The van der Waals surface area contributed by atoms with Crippen molar-refractivity contribution in [2.75, 3.05) is 25.5 Å². The molecule has 0 fully saturated rings. The minimum atomic E-state index is -0.0840. The monoisotopic (exact) mass is 397 g/mol. The second-order valence-corrected chi connectivity index (χ2v) is 7.32. The molecule has 146 valence electrons. The molecular weight excluding hydrogens is 374 g/mol. The topological polar surface area (TPSA) is 58.4 Å². The van der Waals surface area contributed by atoms with Gasteiger partial charge in [-0.3, -0.25) is 9.69 Å². The fraction of sp³-hybridized carbons (Fsp3) is 0.273. The van der Waals surface area contributed by atoms with Gasteiger partial charge < -0.3 is 9.84 Å². The highest BCUT2D eigenvalue weighted by molar-refractivity contribution is 6.33. The van der Waals surface area contributed by atoms with Crippen LogP contribution in [0.25, 0.3) is 11.3 Å². The van der Waals surface area contributed by atoms with Crippen LogP contribution in [0.5, 0.6) is 0 Å². The van der Waals surface area contributed by atoms with E-state index in [4.69, 9.17) is 16.1 Å². The van der Waals surface area contributed by atoms with Gasteiger partial charge in [-0.25, -0.2) is 0 Å². The number of anilines is 1. The fourth-order valence-electron chi connectivity index (χ4n) is 2.93. The molecule has 1 amide bonds. The third-order valence-electron chi connectivity index (χ3n) is 4.40. The lowest BCUT2D eigenvalue weighted by Gasteiger charge is -2.16. The van der Waals surface area contributed by atoms with Gasteiger partial charge in [0.1, 0.15) is 11.5 Å². The molecule has 0 aliphatic rings. The molecule has 0 unspecified atom stereocenters. The van der Waals surface area contributed by atoms with Crippen LogP contribution in [0.1, 0.15) is 17.7 Å². The smallest absolute Gasteiger partial charge is 0.238 e. The molecule has 0 aliphatic heterocycles. The normalized spacial score (nSPS) is 11.0. The lowest BCUT2D eigenvalue weighted by atomic mass is 10.1. The molecule has 0 spiro atoms. The molecule has 0 aliphatic carbocycles. The van der Waals surface area contributed by atoms with Gasteiger partial charge >= 0.3 is 0 Å². The van der Waals surface area contributed by atoms with Crippen LogP contribution in [0, 0.1) is 6.92 Å². The number of carbonyl (C=O) groups is 1. The first-order valence-corrected chi connectivity index (χ1v) is 9.64. The van der Waals surface area contributed by atoms with E-state index in [-0.39, 0.29) is 5.91 Å². The van der Waals surface area contributed by atoms with Gasteiger partial charge in [0.15, 0.2) is 0 Å². The Bertz CT molecular complexity index is 925. The van der Waals surface area contributed by atoms with Gasteiger partial charge in [-0.1, -0.05) is 53.2 Å². The van der Waals surface area contributed by atoms with Gasteiger partial charge in [-0.15, -0.1) is 0 Å². The third kappa shape index (κ3) is 5.68. The number of nitrogens with zero attached hydrogens (tertiary/aromatic N) is 2. The summed E-state index contributed by atoms with van der Waals surface area (Å²) < 4.78 is 5.42. The molecule has 1 heterocycles. The highest BCUT2D eigenvalue weighted by Gasteiger charge is 2.10. The Morgan fingerprint density at radius 1 is 1.18 bits per heavy atom. The van der Waals surface area contributed by atoms with E-state index in [0.29, 0.717) is 17.3 Å². The van der Waals surface area contributed by atoms with Gasteiger partial charge in [0, 0.05) is 18.1 Å². The maximum absolute atomic E-state index is 12.2. The third-order valence-corrected chi connectivity index (χ3v) is 4.72. The number of rotatable bonds is 8. The number of hydrogen-bond donors (Lipinski definition) is 1. The first-order chi connectivity index (χ1) is 13.5. The van der Waals surface area contributed by atoms with Crippen LogP contribution in [0.4, 0.5) is 5.69 Å². The summed E-state index contributed by atoms with van der Waals surface area (Å²) in [7, 11) is 1.92. The van der Waals surface area contributed by atoms with E-state index >= 15 is 0 Å². The zero-order valence-electron chi connectivity index (χ0n) is 16.1. The highest BCUT2D eigenvalue weighted by atomic mass is 35.5. The van der Waals surface area contributed by atoms with Crippen LogP contribution in [0.15, 0.2) is 59.1 Å². The zero-order chi connectivity index (χ0) is 19.9. The molecule has 28 heavy (non-hydrogen) atoms. The van der Waals surface area contributed by atoms with E-state index in [1.54, 1.807) is 0 Å². The van der Waals surface area contributed by atoms with Crippen LogP contribution in [-0.2, 0) is 11.2 Å². The van der Waals surface area contributed by atoms with Crippen LogP contribution >= 0.6 is 11.6 Å². The van der Waals surface area contributed by atoms with E-state index in [2.05, 4.69) is 10.5 Å². The summed E-state index contributed by atoms with van der Waals surface area (Å²) in [6.45, 7) is 3.04. The summed E-state index contributed by atoms with van der Waals surface area (Å²) in [6.07, 6.45) is 1.65. The van der Waals surface area contributed by atoms with E-state index in [9.17, 15) is 4.79 Å². The van der Waals surface area contributed by atoms with Crippen molar-refractivity contribution < 1.29 is 9.32 Å². The Morgan fingerprint density at radius 2 is 1.96 bits per heavy atom. The number of amides is 1. The number of halogens is 1. The van der Waals surface area contributed by atoms with Crippen LogP contribution < -0.4 is 5.32 Å². The van der Waals surface area contributed by atoms with E-state index in [1.165, 1.54) is 0 Å². The summed E-state index contributed by atoms with van der Waals surface area (Å²) in [5.74, 6) is 0.766. The lowest BCUT2D eigenvalue weighted by Crippen LogP contribution is -2.31. The number of aryl methyl sites for hydroxylation is 2. The second kappa shape index (κ2) is 9.53. The molecule has 3 aromatic rings. The van der Waals surface area contributed by atoms with Crippen LogP contribution in [0.3, 0.4) is 0 Å². The fourth-order valence-corrected chi connectivity index (χ4v) is 3.22. The van der Waals surface area contributed by atoms with Crippen LogP contribution in [0.2, 0.25) is 5.02 Å². The Kier molecular flexibility index (Phi) is 6.85. The highest BCUT2D eigenvalue weighted by Crippen LogP contribution is 2.22. The molecule has 0 bridgehead atoms. The standard InChI is InChI=1S/C22H24ClN3O2/c1-16-10-11-20(19(23)13-16)24-22(27)15-26(2)12-6-9-18-14-21(25-28-18)17-7-4-3-5-8-17/h3-5,7-8,10-11,13-14H,6,9,12,15H2,1-2H3,(H,24,27). The molecule has 5 nitrogen and oxygen atoms in total. The molecular formula is C22H24ClN3O2. The summed E-state index contributed by atoms with van der Waals surface area (Å²) in [4.78, 5) is 14.2. The van der Waals surface area contributed by atoms with Gasteiger partial charge in [0.25, 0.3) is 0 Å². The number of hydrogen-bond acceptors (Lipinski definition) is 4. The van der Waals surface area contributed by atoms with Crippen molar-refractivity contribution in [3.63, 3.8) is 0 Å². The maximum Gasteiger partial charge on any atom is 0.238 e. The first kappa shape index (κ1) is 20.1. The minimum absolute atomic E-state index is 0.0840. The summed E-state index contributed by atoms with van der Waals surface area (Å²) in [5, 5.41) is 7.54. The van der Waals surface area contributed by atoms with Crippen molar-refractivity contribution in [3.8, 4) is 11.3 Å². The Morgan fingerprint density at radius 3 is 2.71 bits per heavy atom. The predicted octanol–water partition coefficient (Wildman–Crippen LogP) is 4.81. The quantitative estimate of drug-likeness (QED) is 0.592. The van der Waals surface area contributed by atoms with Crippen molar-refractivity contribution in [2.45, 2.75) is 19.8 Å². The molecule has 1 N–H and O–H groups in total. The van der Waals surface area contributed by atoms with Crippen molar-refractivity contribution >= 4 is 23.2 Å². The summed E-state index contributed by atoms with van der Waals surface area (Å²) in [6, 6.07) is 17.5. The number of benzene rings is 2. The summed E-state index contributed by atoms with van der Waals surface area (Å²) in [5.41, 5.74) is 3.59. The molecule has 0 saturated carbocycles. The average Bonchev–Trinajstić information content (AvgIpc) is 3.14.